The van der Waals surface area contributed by atoms with E-state index in [4.69, 9.17) is 9.47 Å². The summed E-state index contributed by atoms with van der Waals surface area (Å²) in [5.74, 6) is 0.342. The van der Waals surface area contributed by atoms with Gasteiger partial charge in [0.1, 0.15) is 11.9 Å². The highest BCUT2D eigenvalue weighted by atomic mass is 16.5. The normalized spacial score (nSPS) is 15.9. The number of esters is 1. The fourth-order valence-corrected chi connectivity index (χ4v) is 2.88. The minimum Gasteiger partial charge on any atom is -0.496 e. The first kappa shape index (κ1) is 16.5. The largest absolute Gasteiger partial charge is 0.496 e. The molecule has 0 amide bonds. The molecule has 0 N–H and O–H groups in total. The summed E-state index contributed by atoms with van der Waals surface area (Å²) in [5.41, 5.74) is 1.28. The zero-order chi connectivity index (χ0) is 15.9. The molecular formula is C18H24O4. The summed E-state index contributed by atoms with van der Waals surface area (Å²) in [5, 5.41) is 0. The molecule has 0 aliphatic heterocycles. The van der Waals surface area contributed by atoms with E-state index < -0.39 is 0 Å². The zero-order valence-electron chi connectivity index (χ0n) is 13.4. The van der Waals surface area contributed by atoms with E-state index in [1.54, 1.807) is 25.3 Å². The molecule has 1 aromatic rings. The highest BCUT2D eigenvalue weighted by Crippen LogP contribution is 2.23. The minimum absolute atomic E-state index is 0.0268. The third-order valence-corrected chi connectivity index (χ3v) is 4.12. The van der Waals surface area contributed by atoms with Crippen LogP contribution in [0.4, 0.5) is 0 Å². The molecule has 0 saturated heterocycles. The topological polar surface area (TPSA) is 52.6 Å². The average molecular weight is 304 g/mol. The van der Waals surface area contributed by atoms with Gasteiger partial charge in [-0.15, -0.1) is 0 Å². The second kappa shape index (κ2) is 7.97. The lowest BCUT2D eigenvalue weighted by atomic mass is 10.0. The maximum absolute atomic E-state index is 12.2. The summed E-state index contributed by atoms with van der Waals surface area (Å²) in [6.45, 7) is 1.51. The lowest BCUT2D eigenvalue weighted by molar-refractivity contribution is -0.148. The Bertz CT molecular complexity index is 528. The number of hydrogen-bond acceptors (Lipinski definition) is 4. The van der Waals surface area contributed by atoms with Gasteiger partial charge in [0.2, 0.25) is 0 Å². The molecule has 120 valence electrons. The van der Waals surface area contributed by atoms with Crippen molar-refractivity contribution in [1.29, 1.82) is 0 Å². The van der Waals surface area contributed by atoms with E-state index in [2.05, 4.69) is 0 Å². The maximum atomic E-state index is 12.2. The highest BCUT2D eigenvalue weighted by Gasteiger charge is 2.18. The highest BCUT2D eigenvalue weighted by molar-refractivity contribution is 5.94. The molecule has 0 heterocycles. The van der Waals surface area contributed by atoms with Crippen molar-refractivity contribution in [1.82, 2.24) is 0 Å². The predicted octanol–water partition coefficient (Wildman–Crippen LogP) is 3.71. The number of carbonyl (C=O) groups excluding carboxylic acids is 2. The second-order valence-corrected chi connectivity index (χ2v) is 5.86. The van der Waals surface area contributed by atoms with Crippen LogP contribution in [0.3, 0.4) is 0 Å². The van der Waals surface area contributed by atoms with Gasteiger partial charge in [-0.05, 0) is 50.8 Å². The van der Waals surface area contributed by atoms with E-state index in [0.717, 1.165) is 25.7 Å². The van der Waals surface area contributed by atoms with Crippen LogP contribution in [0.1, 0.15) is 61.4 Å². The smallest absolute Gasteiger partial charge is 0.310 e. The van der Waals surface area contributed by atoms with E-state index in [1.807, 2.05) is 0 Å². The van der Waals surface area contributed by atoms with Crippen LogP contribution in [0, 0.1) is 0 Å². The Morgan fingerprint density at radius 2 is 1.82 bits per heavy atom. The number of carbonyl (C=O) groups is 2. The molecule has 0 radical (unpaired) electrons. The van der Waals surface area contributed by atoms with Gasteiger partial charge >= 0.3 is 5.97 Å². The zero-order valence-corrected chi connectivity index (χ0v) is 13.4. The Morgan fingerprint density at radius 1 is 1.14 bits per heavy atom. The van der Waals surface area contributed by atoms with Crippen molar-refractivity contribution in [3.63, 3.8) is 0 Å². The van der Waals surface area contributed by atoms with Crippen molar-refractivity contribution >= 4 is 11.8 Å². The number of ether oxygens (including phenoxy) is 2. The SMILES string of the molecule is COc1ccc(C(C)=O)cc1CC(=O)OC1CCCCCC1. The number of methoxy groups -OCH3 is 1. The van der Waals surface area contributed by atoms with Crippen molar-refractivity contribution in [3.05, 3.63) is 29.3 Å². The van der Waals surface area contributed by atoms with E-state index >= 15 is 0 Å². The number of ketones is 1. The first-order chi connectivity index (χ1) is 10.6. The van der Waals surface area contributed by atoms with Crippen LogP contribution in [0.25, 0.3) is 0 Å². The molecule has 2 rings (SSSR count). The molecule has 1 aromatic carbocycles. The molecule has 0 bridgehead atoms. The molecule has 1 aliphatic rings. The van der Waals surface area contributed by atoms with Gasteiger partial charge in [0.05, 0.1) is 13.5 Å². The molecule has 1 fully saturated rings. The molecule has 4 nitrogen and oxygen atoms in total. The van der Waals surface area contributed by atoms with Crippen LogP contribution >= 0.6 is 0 Å². The Balaban J connectivity index is 2.03. The lowest BCUT2D eigenvalue weighted by Gasteiger charge is -2.16. The fraction of sp³-hybridized carbons (Fsp3) is 0.556. The molecule has 0 unspecified atom stereocenters. The predicted molar refractivity (Wildman–Crippen MR) is 84.3 cm³/mol. The van der Waals surface area contributed by atoms with Crippen LogP contribution in [-0.4, -0.2) is 25.0 Å². The summed E-state index contributed by atoms with van der Waals surface area (Å²) < 4.78 is 10.9. The molecule has 1 aliphatic carbocycles. The van der Waals surface area contributed by atoms with E-state index in [0.29, 0.717) is 16.9 Å². The van der Waals surface area contributed by atoms with Gasteiger partial charge in [-0.2, -0.15) is 0 Å². The Hall–Kier alpha value is -1.84. The Morgan fingerprint density at radius 3 is 2.41 bits per heavy atom. The number of benzene rings is 1. The van der Waals surface area contributed by atoms with Crippen molar-refractivity contribution in [2.24, 2.45) is 0 Å². The summed E-state index contributed by atoms with van der Waals surface area (Å²) in [6, 6.07) is 5.15. The van der Waals surface area contributed by atoms with Crippen LogP contribution in [0.2, 0.25) is 0 Å². The van der Waals surface area contributed by atoms with Crippen LogP contribution in [-0.2, 0) is 16.0 Å². The molecule has 22 heavy (non-hydrogen) atoms. The van der Waals surface area contributed by atoms with Gasteiger partial charge in [-0.1, -0.05) is 12.8 Å². The number of rotatable bonds is 5. The molecule has 4 heteroatoms. The molecular weight excluding hydrogens is 280 g/mol. The third kappa shape index (κ3) is 4.58. The lowest BCUT2D eigenvalue weighted by Crippen LogP contribution is -2.19. The molecule has 1 saturated carbocycles. The summed E-state index contributed by atoms with van der Waals surface area (Å²) in [4.78, 5) is 23.7. The van der Waals surface area contributed by atoms with E-state index in [-0.39, 0.29) is 24.3 Å². The Labute approximate surface area is 131 Å². The first-order valence-electron chi connectivity index (χ1n) is 7.97. The van der Waals surface area contributed by atoms with Gasteiger partial charge in [-0.3, -0.25) is 9.59 Å². The summed E-state index contributed by atoms with van der Waals surface area (Å²) in [6.07, 6.45) is 6.79. The first-order valence-corrected chi connectivity index (χ1v) is 7.97. The summed E-state index contributed by atoms with van der Waals surface area (Å²) in [7, 11) is 1.56. The van der Waals surface area contributed by atoms with E-state index in [1.165, 1.54) is 19.8 Å². The van der Waals surface area contributed by atoms with Crippen molar-refractivity contribution < 1.29 is 19.1 Å². The molecule has 0 atom stereocenters. The van der Waals surface area contributed by atoms with Gasteiger partial charge < -0.3 is 9.47 Å². The standard InChI is InChI=1S/C18H24O4/c1-13(19)14-9-10-17(21-2)15(11-14)12-18(20)22-16-7-5-3-4-6-8-16/h9-11,16H,3-8,12H2,1-2H3. The van der Waals surface area contributed by atoms with Gasteiger partial charge in [0.25, 0.3) is 0 Å². The average Bonchev–Trinajstić information content (AvgIpc) is 2.75. The monoisotopic (exact) mass is 304 g/mol. The molecule has 0 aromatic heterocycles. The summed E-state index contributed by atoms with van der Waals surface area (Å²) >= 11 is 0. The van der Waals surface area contributed by atoms with Gasteiger partial charge in [0.15, 0.2) is 5.78 Å². The van der Waals surface area contributed by atoms with Gasteiger partial charge in [0, 0.05) is 11.1 Å². The van der Waals surface area contributed by atoms with Crippen molar-refractivity contribution in [3.8, 4) is 5.75 Å². The quantitative estimate of drug-likeness (QED) is 0.473. The minimum atomic E-state index is -0.245. The van der Waals surface area contributed by atoms with E-state index in [9.17, 15) is 9.59 Å². The number of Topliss-reactive ketones (excluding diaryl/α,β-unsaturated/α-hetero) is 1. The number of hydrogen-bond donors (Lipinski definition) is 0. The van der Waals surface area contributed by atoms with Crippen molar-refractivity contribution in [2.45, 2.75) is 58.0 Å². The van der Waals surface area contributed by atoms with Crippen LogP contribution < -0.4 is 4.74 Å². The van der Waals surface area contributed by atoms with Crippen LogP contribution in [0.5, 0.6) is 5.75 Å². The maximum Gasteiger partial charge on any atom is 0.310 e. The van der Waals surface area contributed by atoms with Crippen LogP contribution in [0.15, 0.2) is 18.2 Å². The van der Waals surface area contributed by atoms with Crippen molar-refractivity contribution in [2.75, 3.05) is 7.11 Å². The molecule has 0 spiro atoms. The Kier molecular flexibility index (Phi) is 5.99. The second-order valence-electron chi connectivity index (χ2n) is 5.86. The van der Waals surface area contributed by atoms with Gasteiger partial charge in [-0.25, -0.2) is 0 Å². The third-order valence-electron chi connectivity index (χ3n) is 4.12. The fourth-order valence-electron chi connectivity index (χ4n) is 2.88.